The minimum Gasteiger partial charge on any atom is -0.387 e. The van der Waals surface area contributed by atoms with E-state index in [1.54, 1.807) is 0 Å². The van der Waals surface area contributed by atoms with Crippen molar-refractivity contribution >= 4 is 5.91 Å². The van der Waals surface area contributed by atoms with Crippen LogP contribution in [0.15, 0.2) is 0 Å². The topological polar surface area (TPSA) is 49.3 Å². The Hall–Kier alpha value is 0.534. The molecule has 0 aromatic rings. The van der Waals surface area contributed by atoms with Gasteiger partial charge in [-0.15, -0.1) is 0 Å². The molecule has 0 aliphatic carbocycles. The second kappa shape index (κ2) is 6.53. The van der Waals surface area contributed by atoms with Crippen LogP contribution in [0.1, 0.15) is 0 Å². The van der Waals surface area contributed by atoms with Gasteiger partial charge in [0.2, 0.25) is 5.91 Å². The fraction of sp³-hybridized carbons (Fsp3) is 0.667. The first-order valence-electron chi connectivity index (χ1n) is 1.62. The van der Waals surface area contributed by atoms with E-state index in [9.17, 15) is 4.79 Å². The van der Waals surface area contributed by atoms with Gasteiger partial charge in [-0.25, -0.2) is 0 Å². The molecule has 0 fully saturated rings. The van der Waals surface area contributed by atoms with Crippen molar-refractivity contribution in [1.82, 2.24) is 5.32 Å². The summed E-state index contributed by atoms with van der Waals surface area (Å²) in [5.74, 6) is -0.352. The summed E-state index contributed by atoms with van der Waals surface area (Å²) in [5.41, 5.74) is 0. The van der Waals surface area contributed by atoms with E-state index in [4.69, 9.17) is 5.11 Å². The van der Waals surface area contributed by atoms with Crippen molar-refractivity contribution < 1.29 is 42.6 Å². The van der Waals surface area contributed by atoms with Gasteiger partial charge in [0.05, 0.1) is 0 Å². The molecule has 0 spiro atoms. The first-order valence-corrected chi connectivity index (χ1v) is 1.62. The maximum Gasteiger partial charge on any atom is 0.245 e. The molecule has 0 aromatic carbocycles. The van der Waals surface area contributed by atoms with Crippen LogP contribution in [-0.4, -0.2) is 24.7 Å². The largest absolute Gasteiger partial charge is 0.387 e. The van der Waals surface area contributed by atoms with Crippen molar-refractivity contribution in [2.75, 3.05) is 13.7 Å². The molecule has 39 valence electrons. The summed E-state index contributed by atoms with van der Waals surface area (Å²) < 4.78 is 0. The summed E-state index contributed by atoms with van der Waals surface area (Å²) in [6.07, 6.45) is 0. The van der Waals surface area contributed by atoms with Gasteiger partial charge in [0.15, 0.2) is 0 Å². The molecule has 1 amide bonds. The fourth-order valence-corrected chi connectivity index (χ4v) is 0.0791. The molecule has 0 aliphatic rings. The second-order valence-corrected chi connectivity index (χ2v) is 0.831. The quantitative estimate of drug-likeness (QED) is 0.525. The molecule has 0 atom stereocenters. The zero-order chi connectivity index (χ0) is 4.99. The summed E-state index contributed by atoms with van der Waals surface area (Å²) in [6, 6.07) is 0. The second-order valence-electron chi connectivity index (χ2n) is 0.831. The van der Waals surface area contributed by atoms with E-state index in [0.29, 0.717) is 0 Å². The Balaban J connectivity index is 0. The summed E-state index contributed by atoms with van der Waals surface area (Å²) in [5, 5.41) is 10.1. The average Bonchev–Trinajstić information content (AvgIpc) is 1.65. The van der Waals surface area contributed by atoms with Gasteiger partial charge in [-0.1, -0.05) is 0 Å². The minimum absolute atomic E-state index is 0. The Morgan fingerprint density at radius 3 is 2.29 bits per heavy atom. The normalized spacial score (nSPS) is 6.57. The standard InChI is InChI=1S/C3H7NO2.Y/c1-4-3(6)2-5;/h5H,2H2,1H3,(H,4,6);. The molecule has 0 saturated carbocycles. The van der Waals surface area contributed by atoms with E-state index in [-0.39, 0.29) is 38.6 Å². The fourth-order valence-electron chi connectivity index (χ4n) is 0.0791. The predicted octanol–water partition coefficient (Wildman–Crippen LogP) is -1.28. The molecule has 0 unspecified atom stereocenters. The summed E-state index contributed by atoms with van der Waals surface area (Å²) in [6.45, 7) is -0.420. The van der Waals surface area contributed by atoms with E-state index >= 15 is 0 Å². The number of aliphatic hydroxyl groups is 1. The van der Waals surface area contributed by atoms with Crippen LogP contribution < -0.4 is 5.32 Å². The van der Waals surface area contributed by atoms with Gasteiger partial charge < -0.3 is 10.4 Å². The van der Waals surface area contributed by atoms with Crippen LogP contribution in [0.5, 0.6) is 0 Å². The van der Waals surface area contributed by atoms with E-state index in [1.807, 2.05) is 0 Å². The third kappa shape index (κ3) is 6.53. The van der Waals surface area contributed by atoms with Crippen molar-refractivity contribution in [1.29, 1.82) is 0 Å². The number of likely N-dealkylation sites (N-methyl/N-ethyl adjacent to an activating group) is 1. The molecular formula is C3H7NO2Y. The third-order valence-corrected chi connectivity index (χ3v) is 0.422. The zero-order valence-corrected chi connectivity index (χ0v) is 6.98. The Morgan fingerprint density at radius 2 is 2.29 bits per heavy atom. The van der Waals surface area contributed by atoms with Crippen molar-refractivity contribution in [3.8, 4) is 0 Å². The molecule has 0 saturated heterocycles. The van der Waals surface area contributed by atoms with Gasteiger partial charge in [0.1, 0.15) is 6.61 Å². The van der Waals surface area contributed by atoms with Crippen LogP contribution in [0.25, 0.3) is 0 Å². The Morgan fingerprint density at radius 1 is 1.86 bits per heavy atom. The Bertz CT molecular complexity index is 50.9. The zero-order valence-electron chi connectivity index (χ0n) is 4.14. The van der Waals surface area contributed by atoms with Crippen LogP contribution >= 0.6 is 0 Å². The van der Waals surface area contributed by atoms with Crippen molar-refractivity contribution in [3.63, 3.8) is 0 Å². The van der Waals surface area contributed by atoms with Gasteiger partial charge in [-0.2, -0.15) is 0 Å². The van der Waals surface area contributed by atoms with Crippen LogP contribution in [0.4, 0.5) is 0 Å². The first-order chi connectivity index (χ1) is 2.81. The molecule has 0 aliphatic heterocycles. The van der Waals surface area contributed by atoms with E-state index < -0.39 is 6.61 Å². The third-order valence-electron chi connectivity index (χ3n) is 0.422. The molecule has 0 rings (SSSR count). The van der Waals surface area contributed by atoms with Crippen molar-refractivity contribution in [3.05, 3.63) is 0 Å². The maximum atomic E-state index is 9.82. The average molecular weight is 178 g/mol. The predicted molar refractivity (Wildman–Crippen MR) is 21.2 cm³/mol. The van der Waals surface area contributed by atoms with Gasteiger partial charge >= 0.3 is 0 Å². The van der Waals surface area contributed by atoms with Gasteiger partial charge in [-0.05, 0) is 0 Å². The number of rotatable bonds is 1. The number of nitrogens with one attached hydrogen (secondary N) is 1. The van der Waals surface area contributed by atoms with Crippen LogP contribution in [0.2, 0.25) is 0 Å². The van der Waals surface area contributed by atoms with E-state index in [0.717, 1.165) is 0 Å². The number of hydrogen-bond donors (Lipinski definition) is 2. The maximum absolute atomic E-state index is 9.82. The van der Waals surface area contributed by atoms with Crippen LogP contribution in [0, 0.1) is 0 Å². The Labute approximate surface area is 67.4 Å². The summed E-state index contributed by atoms with van der Waals surface area (Å²) in [4.78, 5) is 9.82. The molecule has 0 aromatic heterocycles. The van der Waals surface area contributed by atoms with Gasteiger partial charge in [-0.3, -0.25) is 4.79 Å². The van der Waals surface area contributed by atoms with Gasteiger partial charge in [0, 0.05) is 39.8 Å². The molecular weight excluding hydrogens is 171 g/mol. The SMILES string of the molecule is CNC(=O)CO.[Y]. The molecule has 7 heavy (non-hydrogen) atoms. The van der Waals surface area contributed by atoms with Gasteiger partial charge in [0.25, 0.3) is 0 Å². The smallest absolute Gasteiger partial charge is 0.245 e. The molecule has 2 N–H and O–H groups in total. The number of carbonyl (C=O) groups is 1. The summed E-state index contributed by atoms with van der Waals surface area (Å²) in [7, 11) is 1.47. The first kappa shape index (κ1) is 10.5. The molecule has 1 radical (unpaired) electrons. The molecule has 4 heteroatoms. The number of amides is 1. The van der Waals surface area contributed by atoms with Crippen molar-refractivity contribution in [2.24, 2.45) is 0 Å². The molecule has 0 heterocycles. The number of carbonyl (C=O) groups excluding carboxylic acids is 1. The van der Waals surface area contributed by atoms with Crippen molar-refractivity contribution in [2.45, 2.75) is 0 Å². The van der Waals surface area contributed by atoms with E-state index in [1.165, 1.54) is 7.05 Å². The van der Waals surface area contributed by atoms with Crippen LogP contribution in [-0.2, 0) is 37.5 Å². The number of hydrogen-bond acceptors (Lipinski definition) is 2. The Kier molecular flexibility index (Phi) is 9.80. The molecule has 3 nitrogen and oxygen atoms in total. The van der Waals surface area contributed by atoms with E-state index in [2.05, 4.69) is 5.32 Å². The minimum atomic E-state index is -0.420. The van der Waals surface area contributed by atoms with Crippen LogP contribution in [0.3, 0.4) is 0 Å². The molecule has 0 bridgehead atoms. The monoisotopic (exact) mass is 178 g/mol. The number of aliphatic hydroxyl groups excluding tert-OH is 1. The summed E-state index contributed by atoms with van der Waals surface area (Å²) >= 11 is 0.